The molecule has 6 heteroatoms. The highest BCUT2D eigenvalue weighted by atomic mass is 32.1. The van der Waals surface area contributed by atoms with Gasteiger partial charge in [0.25, 0.3) is 0 Å². The lowest BCUT2D eigenvalue weighted by atomic mass is 10.1. The first kappa shape index (κ1) is 18.9. The lowest BCUT2D eigenvalue weighted by Crippen LogP contribution is -2.48. The van der Waals surface area contributed by atoms with Gasteiger partial charge in [-0.3, -0.25) is 9.69 Å². The number of hydrogen-bond acceptors (Lipinski definition) is 4. The molecule has 0 N–H and O–H groups in total. The maximum atomic E-state index is 13.9. The fraction of sp³-hybridized carbons (Fsp3) is 0.318. The monoisotopic (exact) mass is 398 g/mol. The second-order valence-corrected chi connectivity index (χ2v) is 8.01. The van der Waals surface area contributed by atoms with Crippen LogP contribution in [-0.2, 0) is 17.8 Å². The van der Waals surface area contributed by atoms with E-state index in [1.165, 1.54) is 10.9 Å². The molecular formula is C22H23FN2O2S. The summed E-state index contributed by atoms with van der Waals surface area (Å²) in [6, 6.07) is 14.4. The molecule has 0 bridgehead atoms. The van der Waals surface area contributed by atoms with Gasteiger partial charge in [-0.15, -0.1) is 11.3 Å². The zero-order chi connectivity index (χ0) is 19.3. The van der Waals surface area contributed by atoms with Crippen LogP contribution in [0.1, 0.15) is 17.1 Å². The van der Waals surface area contributed by atoms with Crippen molar-refractivity contribution in [2.24, 2.45) is 0 Å². The Labute approximate surface area is 168 Å². The second-order valence-electron chi connectivity index (χ2n) is 6.98. The minimum Gasteiger partial charge on any atom is -0.461 e. The minimum atomic E-state index is -0.306. The molecule has 2 aromatic heterocycles. The Morgan fingerprint density at radius 2 is 1.86 bits per heavy atom. The summed E-state index contributed by atoms with van der Waals surface area (Å²) < 4.78 is 19.6. The highest BCUT2D eigenvalue weighted by Gasteiger charge is 2.21. The highest BCUT2D eigenvalue weighted by molar-refractivity contribution is 7.09. The maximum absolute atomic E-state index is 13.9. The third-order valence-corrected chi connectivity index (χ3v) is 5.93. The standard InChI is InChI=1S/C22H23FN2O2S/c23-20-6-2-1-5-19(20)21-9-7-17(27-21)8-10-22(26)25-13-11-24(12-14-25)16-18-4-3-15-28-18/h1-7,9,15H,8,10-14,16H2. The van der Waals surface area contributed by atoms with E-state index in [4.69, 9.17) is 4.42 Å². The first-order valence-electron chi connectivity index (χ1n) is 9.55. The smallest absolute Gasteiger partial charge is 0.223 e. The fourth-order valence-electron chi connectivity index (χ4n) is 3.48. The zero-order valence-corrected chi connectivity index (χ0v) is 16.5. The molecule has 0 spiro atoms. The molecule has 1 fully saturated rings. The van der Waals surface area contributed by atoms with Crippen LogP contribution in [0.3, 0.4) is 0 Å². The second kappa shape index (κ2) is 8.71. The predicted molar refractivity (Wildman–Crippen MR) is 109 cm³/mol. The van der Waals surface area contributed by atoms with Crippen molar-refractivity contribution in [2.45, 2.75) is 19.4 Å². The highest BCUT2D eigenvalue weighted by Crippen LogP contribution is 2.25. The zero-order valence-electron chi connectivity index (χ0n) is 15.6. The van der Waals surface area contributed by atoms with Gasteiger partial charge in [0.15, 0.2) is 0 Å². The summed E-state index contributed by atoms with van der Waals surface area (Å²) in [6.07, 6.45) is 0.942. The van der Waals surface area contributed by atoms with Crippen LogP contribution in [0, 0.1) is 5.82 Å². The first-order chi connectivity index (χ1) is 13.7. The van der Waals surface area contributed by atoms with Crippen LogP contribution in [0.4, 0.5) is 4.39 Å². The maximum Gasteiger partial charge on any atom is 0.223 e. The van der Waals surface area contributed by atoms with E-state index in [0.29, 0.717) is 29.9 Å². The number of piperazine rings is 1. The Balaban J connectivity index is 1.26. The van der Waals surface area contributed by atoms with Crippen LogP contribution in [0.5, 0.6) is 0 Å². The molecule has 1 saturated heterocycles. The number of halogens is 1. The summed E-state index contributed by atoms with van der Waals surface area (Å²) in [5, 5.41) is 2.10. The first-order valence-corrected chi connectivity index (χ1v) is 10.4. The molecule has 1 aliphatic rings. The Morgan fingerprint density at radius 3 is 2.61 bits per heavy atom. The average Bonchev–Trinajstić information content (AvgIpc) is 3.39. The van der Waals surface area contributed by atoms with Crippen molar-refractivity contribution in [1.29, 1.82) is 0 Å². The van der Waals surface area contributed by atoms with Crippen LogP contribution >= 0.6 is 11.3 Å². The van der Waals surface area contributed by atoms with Crippen molar-refractivity contribution in [3.63, 3.8) is 0 Å². The molecular weight excluding hydrogens is 375 g/mol. The van der Waals surface area contributed by atoms with E-state index in [-0.39, 0.29) is 11.7 Å². The molecule has 0 aliphatic carbocycles. The van der Waals surface area contributed by atoms with Crippen molar-refractivity contribution in [3.8, 4) is 11.3 Å². The van der Waals surface area contributed by atoms with Crippen LogP contribution in [0.2, 0.25) is 0 Å². The molecule has 3 aromatic rings. The van der Waals surface area contributed by atoms with Crippen molar-refractivity contribution in [1.82, 2.24) is 9.80 Å². The van der Waals surface area contributed by atoms with E-state index in [2.05, 4.69) is 22.4 Å². The molecule has 4 nitrogen and oxygen atoms in total. The molecule has 0 unspecified atom stereocenters. The van der Waals surface area contributed by atoms with E-state index < -0.39 is 0 Å². The average molecular weight is 399 g/mol. The number of furan rings is 1. The summed E-state index contributed by atoms with van der Waals surface area (Å²) in [6.45, 7) is 4.31. The molecule has 0 radical (unpaired) electrons. The van der Waals surface area contributed by atoms with Gasteiger partial charge in [0.2, 0.25) is 5.91 Å². The van der Waals surface area contributed by atoms with Gasteiger partial charge < -0.3 is 9.32 Å². The van der Waals surface area contributed by atoms with Crippen molar-refractivity contribution in [3.05, 3.63) is 70.4 Å². The van der Waals surface area contributed by atoms with Gasteiger partial charge in [-0.05, 0) is 35.7 Å². The number of benzene rings is 1. The van der Waals surface area contributed by atoms with Gasteiger partial charge in [-0.1, -0.05) is 18.2 Å². The number of thiophene rings is 1. The van der Waals surface area contributed by atoms with E-state index >= 15 is 0 Å². The number of carbonyl (C=O) groups is 1. The molecule has 1 aromatic carbocycles. The van der Waals surface area contributed by atoms with E-state index in [1.807, 2.05) is 11.0 Å². The Kier molecular flexibility index (Phi) is 5.88. The quantitative estimate of drug-likeness (QED) is 0.617. The Hall–Kier alpha value is -2.44. The number of nitrogens with zero attached hydrogens (tertiary/aromatic N) is 2. The largest absolute Gasteiger partial charge is 0.461 e. The molecule has 0 atom stereocenters. The van der Waals surface area contributed by atoms with Crippen LogP contribution in [0.15, 0.2) is 58.3 Å². The van der Waals surface area contributed by atoms with Gasteiger partial charge >= 0.3 is 0 Å². The van der Waals surface area contributed by atoms with Crippen molar-refractivity contribution < 1.29 is 13.6 Å². The molecule has 3 heterocycles. The normalized spacial score (nSPS) is 15.1. The lowest BCUT2D eigenvalue weighted by molar-refractivity contribution is -0.133. The van der Waals surface area contributed by atoms with E-state index in [1.54, 1.807) is 35.6 Å². The number of amides is 1. The molecule has 4 rings (SSSR count). The Morgan fingerprint density at radius 1 is 1.04 bits per heavy atom. The van der Waals surface area contributed by atoms with Crippen molar-refractivity contribution in [2.75, 3.05) is 26.2 Å². The number of aryl methyl sites for hydroxylation is 1. The van der Waals surface area contributed by atoms with Gasteiger partial charge in [0.05, 0.1) is 5.56 Å². The van der Waals surface area contributed by atoms with Gasteiger partial charge in [0.1, 0.15) is 17.3 Å². The topological polar surface area (TPSA) is 36.7 Å². The molecule has 146 valence electrons. The van der Waals surface area contributed by atoms with Crippen LogP contribution < -0.4 is 0 Å². The summed E-state index contributed by atoms with van der Waals surface area (Å²) in [5.41, 5.74) is 0.446. The number of carbonyl (C=O) groups excluding carboxylic acids is 1. The van der Waals surface area contributed by atoms with Gasteiger partial charge in [-0.2, -0.15) is 0 Å². The van der Waals surface area contributed by atoms with Crippen LogP contribution in [0.25, 0.3) is 11.3 Å². The molecule has 28 heavy (non-hydrogen) atoms. The van der Waals surface area contributed by atoms with Crippen molar-refractivity contribution >= 4 is 17.2 Å². The van der Waals surface area contributed by atoms with Gasteiger partial charge in [-0.25, -0.2) is 4.39 Å². The lowest BCUT2D eigenvalue weighted by Gasteiger charge is -2.34. The summed E-state index contributed by atoms with van der Waals surface area (Å²) in [5.74, 6) is 1.06. The minimum absolute atomic E-state index is 0.152. The third kappa shape index (κ3) is 4.51. The SMILES string of the molecule is O=C(CCc1ccc(-c2ccccc2F)o1)N1CCN(Cc2cccs2)CC1. The Bertz CT molecular complexity index is 914. The molecule has 1 aliphatic heterocycles. The summed E-state index contributed by atoms with van der Waals surface area (Å²) >= 11 is 1.77. The number of rotatable bonds is 6. The predicted octanol–water partition coefficient (Wildman–Crippen LogP) is 4.42. The molecule has 0 saturated carbocycles. The van der Waals surface area contributed by atoms with E-state index in [0.717, 1.165) is 32.7 Å². The summed E-state index contributed by atoms with van der Waals surface area (Å²) in [7, 11) is 0. The molecule has 1 amide bonds. The number of hydrogen-bond donors (Lipinski definition) is 0. The fourth-order valence-corrected chi connectivity index (χ4v) is 4.23. The summed E-state index contributed by atoms with van der Waals surface area (Å²) in [4.78, 5) is 18.2. The van der Waals surface area contributed by atoms with Crippen LogP contribution in [-0.4, -0.2) is 41.9 Å². The third-order valence-electron chi connectivity index (χ3n) is 5.07. The van der Waals surface area contributed by atoms with Gasteiger partial charge in [0, 0.05) is 50.4 Å². The van der Waals surface area contributed by atoms with E-state index in [9.17, 15) is 9.18 Å².